The van der Waals surface area contributed by atoms with E-state index in [9.17, 15) is 19.2 Å². The number of carbonyl (C=O) groups excluding carboxylic acids is 4. The van der Waals surface area contributed by atoms with Gasteiger partial charge >= 0.3 is 5.97 Å². The molecule has 2 aromatic rings. The number of hydrogen-bond acceptors (Lipinski definition) is 5. The number of anilines is 2. The van der Waals surface area contributed by atoms with Gasteiger partial charge in [0.1, 0.15) is 5.75 Å². The van der Waals surface area contributed by atoms with Crippen LogP contribution in [0.1, 0.15) is 25.3 Å². The Morgan fingerprint density at radius 3 is 2.60 bits per heavy atom. The van der Waals surface area contributed by atoms with Crippen LogP contribution in [0.2, 0.25) is 5.02 Å². The predicted octanol–water partition coefficient (Wildman–Crippen LogP) is 4.31. The number of carbonyl (C=O) groups is 4. The Balaban J connectivity index is 1.29. The average Bonchev–Trinajstić information content (AvgIpc) is 3.33. The number of allylic oxidation sites excluding steroid dienone is 2. The molecule has 2 heterocycles. The van der Waals surface area contributed by atoms with Crippen molar-refractivity contribution in [2.24, 2.45) is 23.7 Å². The van der Waals surface area contributed by atoms with E-state index in [0.29, 0.717) is 34.1 Å². The van der Waals surface area contributed by atoms with Gasteiger partial charge in [0, 0.05) is 23.7 Å². The predicted molar refractivity (Wildman–Crippen MR) is 131 cm³/mol. The summed E-state index contributed by atoms with van der Waals surface area (Å²) in [6, 6.07) is 11.8. The summed E-state index contributed by atoms with van der Waals surface area (Å²) in [6.07, 6.45) is 4.58. The Kier molecular flexibility index (Phi) is 5.97. The van der Waals surface area contributed by atoms with Gasteiger partial charge in [0.25, 0.3) is 0 Å². The normalized spacial score (nSPS) is 25.9. The molecule has 0 unspecified atom stereocenters. The van der Waals surface area contributed by atoms with Crippen molar-refractivity contribution in [2.45, 2.75) is 26.7 Å². The maximum atomic E-state index is 13.1. The lowest BCUT2D eigenvalue weighted by Gasteiger charge is -2.22. The molecule has 35 heavy (non-hydrogen) atoms. The first-order valence-electron chi connectivity index (χ1n) is 11.7. The molecule has 1 aliphatic carbocycles. The van der Waals surface area contributed by atoms with Crippen LogP contribution in [-0.4, -0.2) is 30.2 Å². The topological polar surface area (TPSA) is 84.0 Å². The van der Waals surface area contributed by atoms with Crippen LogP contribution < -0.4 is 14.5 Å². The number of aryl methyl sites for hydroxylation is 1. The van der Waals surface area contributed by atoms with Gasteiger partial charge in [-0.05, 0) is 61.2 Å². The number of halogens is 1. The lowest BCUT2D eigenvalue weighted by atomic mass is 9.78. The molecule has 2 fully saturated rings. The molecule has 0 N–H and O–H groups in total. The molecule has 0 aromatic heterocycles. The first-order chi connectivity index (χ1) is 16.7. The highest BCUT2D eigenvalue weighted by Crippen LogP contribution is 2.41. The van der Waals surface area contributed by atoms with Crippen LogP contribution in [0, 0.1) is 30.6 Å². The summed E-state index contributed by atoms with van der Waals surface area (Å²) < 4.78 is 5.58. The van der Waals surface area contributed by atoms with Gasteiger partial charge in [0.2, 0.25) is 17.7 Å². The van der Waals surface area contributed by atoms with Gasteiger partial charge in [0.05, 0.1) is 23.4 Å². The van der Waals surface area contributed by atoms with Gasteiger partial charge in [-0.25, -0.2) is 4.90 Å². The van der Waals surface area contributed by atoms with Gasteiger partial charge < -0.3 is 9.64 Å². The Hall–Kier alpha value is -3.45. The summed E-state index contributed by atoms with van der Waals surface area (Å²) in [7, 11) is 0. The standard InChI is InChI=1S/C27H25ClN2O5/c1-15-5-3-8-21-24(15)26(33)30(25(21)32)22-10-9-20(11-16(22)2)35-27(34)17-12-23(31)29(14-17)19-7-4-6-18(28)13-19/h3-7,9-11,13,15,17,21,24H,8,12,14H2,1-2H3/t15-,17-,21-,24-/m1/s1. The minimum atomic E-state index is -0.611. The van der Waals surface area contributed by atoms with Crippen LogP contribution in [0.4, 0.5) is 11.4 Å². The zero-order chi connectivity index (χ0) is 24.9. The summed E-state index contributed by atoms with van der Waals surface area (Å²) >= 11 is 6.03. The fraction of sp³-hybridized carbons (Fsp3) is 0.333. The van der Waals surface area contributed by atoms with Crippen molar-refractivity contribution in [3.05, 3.63) is 65.2 Å². The van der Waals surface area contributed by atoms with Crippen LogP contribution in [-0.2, 0) is 19.2 Å². The molecule has 4 atom stereocenters. The van der Waals surface area contributed by atoms with Crippen molar-refractivity contribution in [3.63, 3.8) is 0 Å². The second kappa shape index (κ2) is 8.96. The smallest absolute Gasteiger partial charge is 0.316 e. The summed E-state index contributed by atoms with van der Waals surface area (Å²) in [5.41, 5.74) is 1.80. The van der Waals surface area contributed by atoms with Crippen LogP contribution in [0.15, 0.2) is 54.6 Å². The van der Waals surface area contributed by atoms with E-state index in [0.717, 1.165) is 0 Å². The number of ether oxygens (including phenoxy) is 1. The third-order valence-corrected chi connectivity index (χ3v) is 7.31. The molecule has 0 saturated carbocycles. The Labute approximate surface area is 208 Å². The van der Waals surface area contributed by atoms with E-state index in [1.807, 2.05) is 19.1 Å². The average molecular weight is 493 g/mol. The second-order valence-electron chi connectivity index (χ2n) is 9.42. The zero-order valence-electron chi connectivity index (χ0n) is 19.4. The molecule has 0 spiro atoms. The number of fused-ring (bicyclic) bond motifs is 1. The third-order valence-electron chi connectivity index (χ3n) is 7.08. The van der Waals surface area contributed by atoms with Gasteiger partial charge in [-0.15, -0.1) is 0 Å². The monoisotopic (exact) mass is 492 g/mol. The Morgan fingerprint density at radius 2 is 1.89 bits per heavy atom. The van der Waals surface area contributed by atoms with Gasteiger partial charge in [-0.2, -0.15) is 0 Å². The maximum absolute atomic E-state index is 13.1. The van der Waals surface area contributed by atoms with Crippen molar-refractivity contribution in [2.75, 3.05) is 16.3 Å². The van der Waals surface area contributed by atoms with Crippen LogP contribution in [0.5, 0.6) is 5.75 Å². The van der Waals surface area contributed by atoms with Gasteiger partial charge in [0.15, 0.2) is 0 Å². The summed E-state index contributed by atoms with van der Waals surface area (Å²) in [4.78, 5) is 54.2. The largest absolute Gasteiger partial charge is 0.426 e. The molecule has 2 saturated heterocycles. The summed E-state index contributed by atoms with van der Waals surface area (Å²) in [5.74, 6) is -2.02. The molecule has 180 valence electrons. The lowest BCUT2D eigenvalue weighted by molar-refractivity contribution is -0.139. The minimum absolute atomic E-state index is 0.0105. The number of benzene rings is 2. The zero-order valence-corrected chi connectivity index (χ0v) is 20.2. The Bertz CT molecular complexity index is 1270. The first-order valence-corrected chi connectivity index (χ1v) is 12.0. The van der Waals surface area contributed by atoms with Gasteiger partial charge in [-0.1, -0.05) is 36.7 Å². The van der Waals surface area contributed by atoms with Crippen molar-refractivity contribution in [3.8, 4) is 5.75 Å². The van der Waals surface area contributed by atoms with E-state index in [1.54, 1.807) is 49.4 Å². The van der Waals surface area contributed by atoms with E-state index in [2.05, 4.69) is 0 Å². The SMILES string of the molecule is Cc1cc(OC(=O)[C@@H]2CC(=O)N(c3cccc(Cl)c3)C2)ccc1N1C(=O)[C@@H]2[C@H](C)C=CC[C@H]2C1=O. The molecular weight excluding hydrogens is 468 g/mol. The van der Waals surface area contributed by atoms with Crippen molar-refractivity contribution < 1.29 is 23.9 Å². The fourth-order valence-corrected chi connectivity index (χ4v) is 5.47. The number of amides is 3. The Morgan fingerprint density at radius 1 is 1.09 bits per heavy atom. The minimum Gasteiger partial charge on any atom is -0.426 e. The third kappa shape index (κ3) is 4.14. The van der Waals surface area contributed by atoms with Crippen molar-refractivity contribution >= 4 is 46.7 Å². The molecular formula is C27H25ClN2O5. The first kappa shape index (κ1) is 23.3. The second-order valence-corrected chi connectivity index (χ2v) is 9.86. The quantitative estimate of drug-likeness (QED) is 0.275. The number of esters is 1. The highest BCUT2D eigenvalue weighted by atomic mass is 35.5. The molecule has 2 aliphatic heterocycles. The highest BCUT2D eigenvalue weighted by molar-refractivity contribution is 6.31. The van der Waals surface area contributed by atoms with Crippen LogP contribution in [0.25, 0.3) is 0 Å². The molecule has 2 aromatic carbocycles. The fourth-order valence-electron chi connectivity index (χ4n) is 5.29. The van der Waals surface area contributed by atoms with Gasteiger partial charge in [-0.3, -0.25) is 19.2 Å². The molecule has 7 nitrogen and oxygen atoms in total. The maximum Gasteiger partial charge on any atom is 0.316 e. The highest BCUT2D eigenvalue weighted by Gasteiger charge is 2.50. The summed E-state index contributed by atoms with van der Waals surface area (Å²) in [5, 5.41) is 0.511. The van der Waals surface area contributed by atoms with Crippen LogP contribution >= 0.6 is 11.6 Å². The van der Waals surface area contributed by atoms with E-state index < -0.39 is 11.9 Å². The lowest BCUT2D eigenvalue weighted by Crippen LogP contribution is -2.32. The number of hydrogen-bond donors (Lipinski definition) is 0. The molecule has 3 amide bonds. The van der Waals surface area contributed by atoms with E-state index in [-0.39, 0.29) is 48.4 Å². The van der Waals surface area contributed by atoms with E-state index >= 15 is 0 Å². The van der Waals surface area contributed by atoms with E-state index in [4.69, 9.17) is 16.3 Å². The molecule has 3 aliphatic rings. The van der Waals surface area contributed by atoms with Crippen LogP contribution in [0.3, 0.4) is 0 Å². The number of imide groups is 1. The molecule has 8 heteroatoms. The summed E-state index contributed by atoms with van der Waals surface area (Å²) in [6.45, 7) is 3.94. The van der Waals surface area contributed by atoms with E-state index in [1.165, 1.54) is 9.80 Å². The molecule has 0 radical (unpaired) electrons. The molecule has 5 rings (SSSR count). The number of nitrogens with zero attached hydrogens (tertiary/aromatic N) is 2. The van der Waals surface area contributed by atoms with Crippen molar-refractivity contribution in [1.82, 2.24) is 0 Å². The number of rotatable bonds is 4. The van der Waals surface area contributed by atoms with Crippen molar-refractivity contribution in [1.29, 1.82) is 0 Å². The molecule has 0 bridgehead atoms.